The molecule has 2 rings (SSSR count). The molecule has 0 aromatic carbocycles. The van der Waals surface area contributed by atoms with Crippen molar-refractivity contribution in [2.75, 3.05) is 32.8 Å². The van der Waals surface area contributed by atoms with Crippen LogP contribution in [-0.4, -0.2) is 145 Å². The van der Waals surface area contributed by atoms with Gasteiger partial charge in [-0.15, -0.1) is 0 Å². The van der Waals surface area contributed by atoms with Crippen molar-refractivity contribution in [3.05, 3.63) is 11.9 Å². The van der Waals surface area contributed by atoms with Gasteiger partial charge < -0.3 is 92.5 Å². The van der Waals surface area contributed by atoms with Gasteiger partial charge in [-0.3, -0.25) is 33.6 Å². The van der Waals surface area contributed by atoms with Crippen molar-refractivity contribution in [2.45, 2.75) is 93.5 Å². The fraction of sp³-hybridized carbons (Fsp3) is 0.645. The van der Waals surface area contributed by atoms with E-state index in [0.717, 1.165) is 0 Å². The number of guanidine groups is 1. The summed E-state index contributed by atoms with van der Waals surface area (Å²) in [5, 5.41) is 41.4. The predicted molar refractivity (Wildman–Crippen MR) is 201 cm³/mol. The van der Waals surface area contributed by atoms with Crippen LogP contribution in [0.2, 0.25) is 0 Å². The molecule has 23 N–H and O–H groups in total. The Morgan fingerprint density at radius 1 is 0.860 bits per heavy atom. The molecule has 1 saturated heterocycles. The molecular weight excluding hydrogens is 756 g/mol. The Labute approximate surface area is 327 Å². The summed E-state index contributed by atoms with van der Waals surface area (Å²) < 4.78 is 0. The van der Waals surface area contributed by atoms with E-state index in [-0.39, 0.29) is 25.2 Å². The highest BCUT2D eigenvalue weighted by molar-refractivity contribution is 6.02. The normalized spacial score (nSPS) is 25.5. The fourth-order valence-electron chi connectivity index (χ4n) is 5.49. The molecule has 320 valence electrons. The molecular formula is C31H56N16O10. The maximum Gasteiger partial charge on any atom is 0.316 e. The number of carbonyl (C=O) groups is 8. The minimum atomic E-state index is -1.78. The molecule has 2 aliphatic heterocycles. The monoisotopic (exact) mass is 812 g/mol. The average Bonchev–Trinajstić information content (AvgIpc) is 3.14. The molecule has 0 aromatic rings. The van der Waals surface area contributed by atoms with Crippen LogP contribution in [0.1, 0.15) is 44.9 Å². The zero-order valence-corrected chi connectivity index (χ0v) is 31.3. The molecule has 2 aliphatic rings. The highest BCUT2D eigenvalue weighted by Crippen LogP contribution is 2.11. The van der Waals surface area contributed by atoms with E-state index in [4.69, 9.17) is 34.4 Å². The van der Waals surface area contributed by atoms with Gasteiger partial charge in [-0.1, -0.05) is 0 Å². The number of urea groups is 1. The van der Waals surface area contributed by atoms with Gasteiger partial charge >= 0.3 is 6.03 Å². The van der Waals surface area contributed by atoms with Gasteiger partial charge in [0.1, 0.15) is 29.9 Å². The van der Waals surface area contributed by atoms with E-state index in [1.807, 2.05) is 5.32 Å². The zero-order valence-electron chi connectivity index (χ0n) is 31.3. The standard InChI is InChI=1S/C31H56N16O10/c32-5-1-3-14(34)7-21(49)38-10-18-26(53)42-19(12-40-31(37)57)27(54)47-24(16-9-23(51)46-30(36)45-16)29(56)39-11-17(25(52)44-20(13-48)28(55)43-18)41-22(50)8-15(35)4-2-6-33/h12,14-18,20,23-24,48,51H,1-11,13,32-35H2,(H,38,49)(H,39,56)(H,41,50)(H,42,53)(H,43,55)(H,44,52)(H,47,54)(H3,36,45,46)(H3,37,40,57)/b19-12-/t14-,15-,16?,17-,18-,20-,23+,24-/m0/s1. The highest BCUT2D eigenvalue weighted by Gasteiger charge is 2.37. The van der Waals surface area contributed by atoms with E-state index in [0.29, 0.717) is 45.0 Å². The average molecular weight is 813 g/mol. The van der Waals surface area contributed by atoms with Gasteiger partial charge in [0.2, 0.25) is 35.4 Å². The van der Waals surface area contributed by atoms with E-state index in [2.05, 4.69) is 47.5 Å². The third-order valence-electron chi connectivity index (χ3n) is 8.46. The highest BCUT2D eigenvalue weighted by atomic mass is 16.3. The summed E-state index contributed by atoms with van der Waals surface area (Å²) in [7, 11) is 0. The van der Waals surface area contributed by atoms with Crippen molar-refractivity contribution in [2.24, 2.45) is 39.4 Å². The van der Waals surface area contributed by atoms with Gasteiger partial charge in [-0.2, -0.15) is 0 Å². The van der Waals surface area contributed by atoms with Gasteiger partial charge in [0.15, 0.2) is 12.2 Å². The van der Waals surface area contributed by atoms with Crippen LogP contribution in [0.25, 0.3) is 0 Å². The molecule has 0 aromatic heterocycles. The Bertz CT molecular complexity index is 1510. The van der Waals surface area contributed by atoms with E-state index < -0.39 is 121 Å². The van der Waals surface area contributed by atoms with Gasteiger partial charge in [-0.25, -0.2) is 9.79 Å². The number of nitrogens with one attached hydrogen (secondary N) is 9. The van der Waals surface area contributed by atoms with Crippen molar-refractivity contribution < 1.29 is 48.6 Å². The van der Waals surface area contributed by atoms with E-state index in [1.165, 1.54) is 0 Å². The van der Waals surface area contributed by atoms with Crippen molar-refractivity contribution in [3.63, 3.8) is 0 Å². The number of amides is 9. The molecule has 0 saturated carbocycles. The van der Waals surface area contributed by atoms with Crippen LogP contribution in [0, 0.1) is 0 Å². The Balaban J connectivity index is 2.59. The fourth-order valence-corrected chi connectivity index (χ4v) is 5.49. The SMILES string of the molecule is NCCC[C@H](N)CC(=O)NC[C@@H]1NC(=O)[C@H](CO)NC(=O)[C@@H](NC(=O)C[C@@H](N)CCCN)CNC(=O)[C@H](C2C[C@@H](O)N=C(N)N2)NC(=O)/C(=C/NC(N)=O)NC1=O. The molecule has 9 amide bonds. The second-order valence-electron chi connectivity index (χ2n) is 13.3. The summed E-state index contributed by atoms with van der Waals surface area (Å²) in [6, 6.07) is -10.4. The van der Waals surface area contributed by atoms with Crippen LogP contribution >= 0.6 is 0 Å². The molecule has 26 nitrogen and oxygen atoms in total. The van der Waals surface area contributed by atoms with Crippen LogP contribution < -0.4 is 82.3 Å². The number of hydrogen-bond donors (Lipinski definition) is 17. The molecule has 0 aliphatic carbocycles. The maximum absolute atomic E-state index is 13.8. The molecule has 0 spiro atoms. The summed E-state index contributed by atoms with van der Waals surface area (Å²) in [5.41, 5.74) is 33.2. The Morgan fingerprint density at radius 2 is 1.47 bits per heavy atom. The molecule has 1 fully saturated rings. The summed E-state index contributed by atoms with van der Waals surface area (Å²) in [5.74, 6) is -7.34. The van der Waals surface area contributed by atoms with Crippen molar-refractivity contribution >= 4 is 53.3 Å². The number of aliphatic hydroxyl groups is 2. The topological polar surface area (TPSA) is 454 Å². The number of nitrogens with zero attached hydrogens (tertiary/aromatic N) is 1. The summed E-state index contributed by atoms with van der Waals surface area (Å²) in [4.78, 5) is 109. The molecule has 57 heavy (non-hydrogen) atoms. The first-order valence-electron chi connectivity index (χ1n) is 18.1. The third kappa shape index (κ3) is 16.9. The lowest BCUT2D eigenvalue weighted by Crippen LogP contribution is -2.65. The molecule has 0 bridgehead atoms. The number of rotatable bonds is 16. The lowest BCUT2D eigenvalue weighted by molar-refractivity contribution is -0.135. The van der Waals surface area contributed by atoms with E-state index >= 15 is 0 Å². The van der Waals surface area contributed by atoms with Crippen LogP contribution in [0.15, 0.2) is 16.9 Å². The molecule has 0 radical (unpaired) electrons. The summed E-state index contributed by atoms with van der Waals surface area (Å²) >= 11 is 0. The second-order valence-corrected chi connectivity index (χ2v) is 13.3. The van der Waals surface area contributed by atoms with Gasteiger partial charge in [-0.05, 0) is 38.8 Å². The molecule has 8 atom stereocenters. The first kappa shape index (κ1) is 47.5. The number of nitrogens with two attached hydrogens (primary N) is 6. The van der Waals surface area contributed by atoms with Crippen LogP contribution in [0.3, 0.4) is 0 Å². The Morgan fingerprint density at radius 3 is 2.05 bits per heavy atom. The largest absolute Gasteiger partial charge is 0.394 e. The number of hydrogen-bond acceptors (Lipinski definition) is 17. The smallest absolute Gasteiger partial charge is 0.316 e. The van der Waals surface area contributed by atoms with Gasteiger partial charge in [0.05, 0.1) is 12.6 Å². The minimum absolute atomic E-state index is 0.193. The number of primary amides is 1. The second kappa shape index (κ2) is 24.1. The Kier molecular flexibility index (Phi) is 20.1. The van der Waals surface area contributed by atoms with E-state index in [1.54, 1.807) is 0 Å². The summed E-state index contributed by atoms with van der Waals surface area (Å²) in [6.45, 7) is -1.67. The third-order valence-corrected chi connectivity index (χ3v) is 8.46. The van der Waals surface area contributed by atoms with Crippen molar-refractivity contribution in [3.8, 4) is 0 Å². The van der Waals surface area contributed by atoms with Gasteiger partial charge in [0.25, 0.3) is 5.91 Å². The quantitative estimate of drug-likeness (QED) is 0.0643. The Hall–Kier alpha value is -5.67. The number of aliphatic imine (C=N–C) groups is 1. The van der Waals surface area contributed by atoms with Crippen LogP contribution in [-0.2, 0) is 33.6 Å². The number of carbonyl (C=O) groups excluding carboxylic acids is 8. The van der Waals surface area contributed by atoms with Crippen LogP contribution in [0.5, 0.6) is 0 Å². The molecule has 2 heterocycles. The van der Waals surface area contributed by atoms with Gasteiger partial charge in [0, 0.05) is 50.6 Å². The number of aliphatic hydroxyl groups excluding tert-OH is 2. The molecule has 1 unspecified atom stereocenters. The summed E-state index contributed by atoms with van der Waals surface area (Å²) in [6.07, 6.45) is 0.323. The molecule has 26 heteroatoms. The first-order chi connectivity index (χ1) is 27.0. The van der Waals surface area contributed by atoms with E-state index in [9.17, 15) is 48.6 Å². The zero-order chi connectivity index (χ0) is 42.7. The lowest BCUT2D eigenvalue weighted by atomic mass is 10.0. The minimum Gasteiger partial charge on any atom is -0.394 e. The maximum atomic E-state index is 13.8. The van der Waals surface area contributed by atoms with Crippen molar-refractivity contribution in [1.29, 1.82) is 0 Å². The van der Waals surface area contributed by atoms with Crippen molar-refractivity contribution in [1.82, 2.24) is 47.9 Å². The first-order valence-corrected chi connectivity index (χ1v) is 18.1. The predicted octanol–water partition coefficient (Wildman–Crippen LogP) is -9.30. The van der Waals surface area contributed by atoms with Crippen LogP contribution in [0.4, 0.5) is 4.79 Å². The lowest BCUT2D eigenvalue weighted by Gasteiger charge is -2.33.